The average Bonchev–Trinajstić information content (AvgIpc) is 2.77. The zero-order valence-electron chi connectivity index (χ0n) is 8.90. The van der Waals surface area contributed by atoms with Gasteiger partial charge in [-0.15, -0.1) is 0 Å². The molecule has 6 heteroatoms. The summed E-state index contributed by atoms with van der Waals surface area (Å²) in [6.07, 6.45) is 3.24. The van der Waals surface area contributed by atoms with E-state index in [0.29, 0.717) is 5.82 Å². The largest absolute Gasteiger partial charge is 0.399 e. The van der Waals surface area contributed by atoms with Crippen LogP contribution in [0.5, 0.6) is 0 Å². The maximum Gasteiger partial charge on any atom is 0.251 e. The van der Waals surface area contributed by atoms with Crippen LogP contribution in [0.1, 0.15) is 16.2 Å². The van der Waals surface area contributed by atoms with Crippen molar-refractivity contribution in [3.05, 3.63) is 47.8 Å². The van der Waals surface area contributed by atoms with E-state index < -0.39 is 11.7 Å². The SMILES string of the molecule is Nc1cc(F)cc(C(=O)NCc2ncc[nH]2)c1. The molecule has 0 bridgehead atoms. The van der Waals surface area contributed by atoms with E-state index in [9.17, 15) is 9.18 Å². The summed E-state index contributed by atoms with van der Waals surface area (Å²) in [5, 5.41) is 2.60. The van der Waals surface area contributed by atoms with Gasteiger partial charge in [-0.3, -0.25) is 4.79 Å². The Morgan fingerprint density at radius 2 is 2.29 bits per heavy atom. The zero-order chi connectivity index (χ0) is 12.3. The molecule has 0 fully saturated rings. The summed E-state index contributed by atoms with van der Waals surface area (Å²) in [5.41, 5.74) is 5.85. The summed E-state index contributed by atoms with van der Waals surface area (Å²) in [6, 6.07) is 3.71. The number of rotatable bonds is 3. The molecule has 0 aliphatic heterocycles. The molecule has 2 aromatic rings. The first-order chi connectivity index (χ1) is 8.15. The maximum atomic E-state index is 13.0. The van der Waals surface area contributed by atoms with Gasteiger partial charge in [0.25, 0.3) is 5.91 Å². The Labute approximate surface area is 96.9 Å². The van der Waals surface area contributed by atoms with Gasteiger partial charge in [-0.1, -0.05) is 0 Å². The van der Waals surface area contributed by atoms with Gasteiger partial charge in [0.1, 0.15) is 11.6 Å². The van der Waals surface area contributed by atoms with Crippen molar-refractivity contribution in [1.29, 1.82) is 0 Å². The quantitative estimate of drug-likeness (QED) is 0.694. The minimum Gasteiger partial charge on any atom is -0.399 e. The van der Waals surface area contributed by atoms with Crippen LogP contribution in [-0.4, -0.2) is 15.9 Å². The van der Waals surface area contributed by atoms with Gasteiger partial charge in [-0.2, -0.15) is 0 Å². The van der Waals surface area contributed by atoms with Crippen molar-refractivity contribution in [3.63, 3.8) is 0 Å². The van der Waals surface area contributed by atoms with E-state index in [0.717, 1.165) is 12.1 Å². The van der Waals surface area contributed by atoms with Gasteiger partial charge in [0.15, 0.2) is 0 Å². The molecule has 0 spiro atoms. The standard InChI is InChI=1S/C11H11FN4O/c12-8-3-7(4-9(13)5-8)11(17)16-6-10-14-1-2-15-10/h1-5H,6,13H2,(H,14,15)(H,16,17). The summed E-state index contributed by atoms with van der Waals surface area (Å²) in [6.45, 7) is 0.252. The molecule has 2 rings (SSSR count). The highest BCUT2D eigenvalue weighted by atomic mass is 19.1. The first-order valence-corrected chi connectivity index (χ1v) is 4.97. The van der Waals surface area contributed by atoms with Gasteiger partial charge in [-0.25, -0.2) is 9.37 Å². The Hall–Kier alpha value is -2.37. The molecule has 0 saturated carbocycles. The molecular formula is C11H11FN4O. The monoisotopic (exact) mass is 234 g/mol. The molecule has 1 aromatic carbocycles. The number of nitrogens with two attached hydrogens (primary N) is 1. The number of imidazole rings is 1. The lowest BCUT2D eigenvalue weighted by atomic mass is 10.2. The predicted molar refractivity (Wildman–Crippen MR) is 60.6 cm³/mol. The lowest BCUT2D eigenvalue weighted by Crippen LogP contribution is -2.23. The number of amides is 1. The van der Waals surface area contributed by atoms with Crippen molar-refractivity contribution in [2.75, 3.05) is 5.73 Å². The lowest BCUT2D eigenvalue weighted by Gasteiger charge is -2.04. The minimum atomic E-state index is -0.534. The number of halogens is 1. The van der Waals surface area contributed by atoms with Crippen LogP contribution in [0.2, 0.25) is 0 Å². The van der Waals surface area contributed by atoms with Crippen LogP contribution in [0.3, 0.4) is 0 Å². The van der Waals surface area contributed by atoms with Crippen LogP contribution in [0, 0.1) is 5.82 Å². The van der Waals surface area contributed by atoms with Crippen LogP contribution in [0.25, 0.3) is 0 Å². The van der Waals surface area contributed by atoms with Crippen molar-refractivity contribution in [2.45, 2.75) is 6.54 Å². The van der Waals surface area contributed by atoms with Crippen molar-refractivity contribution in [2.24, 2.45) is 0 Å². The smallest absolute Gasteiger partial charge is 0.251 e. The van der Waals surface area contributed by atoms with E-state index in [1.54, 1.807) is 12.4 Å². The fraction of sp³-hybridized carbons (Fsp3) is 0.0909. The first-order valence-electron chi connectivity index (χ1n) is 4.97. The molecule has 0 atom stereocenters. The fourth-order valence-corrected chi connectivity index (χ4v) is 1.40. The second-order valence-electron chi connectivity index (χ2n) is 3.49. The molecule has 0 aliphatic rings. The molecule has 4 N–H and O–H groups in total. The van der Waals surface area contributed by atoms with Gasteiger partial charge >= 0.3 is 0 Å². The number of aromatic amines is 1. The van der Waals surface area contributed by atoms with Crippen LogP contribution in [-0.2, 0) is 6.54 Å². The molecule has 0 saturated heterocycles. The molecule has 1 aromatic heterocycles. The van der Waals surface area contributed by atoms with Crippen molar-refractivity contribution >= 4 is 11.6 Å². The van der Waals surface area contributed by atoms with E-state index in [-0.39, 0.29) is 17.8 Å². The molecule has 0 unspecified atom stereocenters. The summed E-state index contributed by atoms with van der Waals surface area (Å²) in [4.78, 5) is 18.5. The number of carbonyl (C=O) groups excluding carboxylic acids is 1. The normalized spacial score (nSPS) is 10.2. The minimum absolute atomic E-state index is 0.189. The average molecular weight is 234 g/mol. The van der Waals surface area contributed by atoms with E-state index in [1.807, 2.05) is 0 Å². The number of aromatic nitrogens is 2. The Bertz CT molecular complexity index is 504. The van der Waals surface area contributed by atoms with Crippen molar-refractivity contribution < 1.29 is 9.18 Å². The molecule has 0 aliphatic carbocycles. The zero-order valence-corrected chi connectivity index (χ0v) is 8.90. The summed E-state index contributed by atoms with van der Waals surface area (Å²) in [5.74, 6) is -0.302. The van der Waals surface area contributed by atoms with Crippen LogP contribution >= 0.6 is 0 Å². The van der Waals surface area contributed by atoms with Crippen molar-refractivity contribution in [1.82, 2.24) is 15.3 Å². The second-order valence-corrected chi connectivity index (χ2v) is 3.49. The highest BCUT2D eigenvalue weighted by Gasteiger charge is 2.08. The topological polar surface area (TPSA) is 83.8 Å². The van der Waals surface area contributed by atoms with Gasteiger partial charge < -0.3 is 16.0 Å². The van der Waals surface area contributed by atoms with E-state index >= 15 is 0 Å². The number of hydrogen-bond acceptors (Lipinski definition) is 3. The molecule has 5 nitrogen and oxygen atoms in total. The summed E-state index contributed by atoms with van der Waals surface area (Å²) < 4.78 is 13.0. The number of nitrogens with zero attached hydrogens (tertiary/aromatic N) is 1. The van der Waals surface area contributed by atoms with Crippen molar-refractivity contribution in [3.8, 4) is 0 Å². The number of nitrogen functional groups attached to an aromatic ring is 1. The molecular weight excluding hydrogens is 223 g/mol. The Morgan fingerprint density at radius 1 is 1.47 bits per heavy atom. The number of benzene rings is 1. The lowest BCUT2D eigenvalue weighted by molar-refractivity contribution is 0.0949. The summed E-state index contributed by atoms with van der Waals surface area (Å²) >= 11 is 0. The Balaban J connectivity index is 2.04. The maximum absolute atomic E-state index is 13.0. The number of anilines is 1. The number of hydrogen-bond donors (Lipinski definition) is 3. The number of nitrogens with one attached hydrogen (secondary N) is 2. The Morgan fingerprint density at radius 3 is 2.94 bits per heavy atom. The third-order valence-electron chi connectivity index (χ3n) is 2.15. The number of carbonyl (C=O) groups is 1. The fourth-order valence-electron chi connectivity index (χ4n) is 1.40. The Kier molecular flexibility index (Phi) is 3.04. The first kappa shape index (κ1) is 11.1. The van der Waals surface area contributed by atoms with Gasteiger partial charge in [0, 0.05) is 23.6 Å². The third-order valence-corrected chi connectivity index (χ3v) is 2.15. The third kappa shape index (κ3) is 2.81. The van der Waals surface area contributed by atoms with E-state index in [4.69, 9.17) is 5.73 Å². The van der Waals surface area contributed by atoms with Crippen LogP contribution in [0.15, 0.2) is 30.6 Å². The molecule has 1 amide bonds. The van der Waals surface area contributed by atoms with E-state index in [2.05, 4.69) is 15.3 Å². The van der Waals surface area contributed by atoms with Gasteiger partial charge in [-0.05, 0) is 18.2 Å². The molecule has 17 heavy (non-hydrogen) atoms. The molecule has 1 heterocycles. The highest BCUT2D eigenvalue weighted by Crippen LogP contribution is 2.10. The highest BCUT2D eigenvalue weighted by molar-refractivity contribution is 5.94. The van der Waals surface area contributed by atoms with Crippen LogP contribution < -0.4 is 11.1 Å². The van der Waals surface area contributed by atoms with Crippen LogP contribution in [0.4, 0.5) is 10.1 Å². The molecule has 0 radical (unpaired) electrons. The molecule has 88 valence electrons. The summed E-state index contributed by atoms with van der Waals surface area (Å²) in [7, 11) is 0. The van der Waals surface area contributed by atoms with Gasteiger partial charge in [0.2, 0.25) is 0 Å². The second kappa shape index (κ2) is 4.65. The van der Waals surface area contributed by atoms with E-state index in [1.165, 1.54) is 6.07 Å². The van der Waals surface area contributed by atoms with Gasteiger partial charge in [0.05, 0.1) is 6.54 Å². The predicted octanol–water partition coefficient (Wildman–Crippen LogP) is 1.06. The number of H-pyrrole nitrogens is 1.